The third kappa shape index (κ3) is 2.63. The first kappa shape index (κ1) is 15.0. The Hall–Kier alpha value is -1.55. The van der Waals surface area contributed by atoms with E-state index in [1.165, 1.54) is 41.5 Å². The van der Waals surface area contributed by atoms with E-state index in [0.29, 0.717) is 19.1 Å². The number of hydrogen-bond donors (Lipinski definition) is 1. The molecule has 4 heteroatoms. The molecule has 4 nitrogen and oxygen atoms in total. The first-order chi connectivity index (χ1) is 10.9. The minimum absolute atomic E-state index is 0.0945. The molecule has 3 aliphatic rings. The highest BCUT2D eigenvalue weighted by Gasteiger charge is 2.41. The Balaban J connectivity index is 1.65. The van der Waals surface area contributed by atoms with Crippen LogP contribution in [-0.2, 0) is 16.1 Å². The van der Waals surface area contributed by atoms with Gasteiger partial charge in [-0.05, 0) is 74.1 Å². The van der Waals surface area contributed by atoms with Crippen molar-refractivity contribution in [2.24, 2.45) is 0 Å². The smallest absolute Gasteiger partial charge is 0.408 e. The second-order valence-electron chi connectivity index (χ2n) is 8.06. The van der Waals surface area contributed by atoms with E-state index in [0.717, 1.165) is 5.92 Å². The minimum Gasteiger partial charge on any atom is -0.444 e. The van der Waals surface area contributed by atoms with Crippen molar-refractivity contribution in [3.8, 4) is 0 Å². The molecular formula is C19H25NO3. The number of hydrogen-bond acceptors (Lipinski definition) is 3. The fourth-order valence-electron chi connectivity index (χ4n) is 4.51. The van der Waals surface area contributed by atoms with E-state index in [9.17, 15) is 4.79 Å². The number of carbonyl (C=O) groups is 1. The monoisotopic (exact) mass is 315 g/mol. The highest BCUT2D eigenvalue weighted by atomic mass is 16.6. The first-order valence-corrected chi connectivity index (χ1v) is 8.65. The number of amides is 1. The van der Waals surface area contributed by atoms with Crippen LogP contribution in [0.2, 0.25) is 0 Å². The number of nitrogens with one attached hydrogen (secondary N) is 1. The zero-order valence-electron chi connectivity index (χ0n) is 14.1. The van der Waals surface area contributed by atoms with Gasteiger partial charge >= 0.3 is 6.09 Å². The molecular weight excluding hydrogens is 290 g/mol. The molecule has 1 amide bonds. The maximum atomic E-state index is 12.2. The summed E-state index contributed by atoms with van der Waals surface area (Å²) < 4.78 is 11.1. The lowest BCUT2D eigenvalue weighted by Gasteiger charge is -2.32. The van der Waals surface area contributed by atoms with Crippen molar-refractivity contribution in [1.82, 2.24) is 5.32 Å². The summed E-state index contributed by atoms with van der Waals surface area (Å²) in [6.07, 6.45) is 3.52. The summed E-state index contributed by atoms with van der Waals surface area (Å²) in [5.41, 5.74) is 5.07. The molecule has 1 aromatic rings. The van der Waals surface area contributed by atoms with Gasteiger partial charge in [0.1, 0.15) is 5.60 Å². The van der Waals surface area contributed by atoms with Gasteiger partial charge in [-0.15, -0.1) is 0 Å². The molecule has 1 fully saturated rings. The van der Waals surface area contributed by atoms with Crippen LogP contribution in [0.5, 0.6) is 0 Å². The average molecular weight is 315 g/mol. The Kier molecular flexibility index (Phi) is 3.41. The Bertz CT molecular complexity index is 647. The van der Waals surface area contributed by atoms with E-state index in [1.807, 2.05) is 20.8 Å². The standard InChI is InChI=1S/C19H25NO3/c1-19(2,3)23-18(21)20-15-10-22-9-13-6-7-14-11-4-5-12(8-11)16(14)17(13)15/h6-7,11-12,15H,4-5,8-10H2,1-3H3,(H,20,21)/t11?,12-,15-/m0/s1. The molecule has 1 heterocycles. The van der Waals surface area contributed by atoms with Gasteiger partial charge in [-0.1, -0.05) is 12.1 Å². The summed E-state index contributed by atoms with van der Waals surface area (Å²) in [6, 6.07) is 4.39. The molecule has 1 aliphatic heterocycles. The van der Waals surface area contributed by atoms with Gasteiger partial charge in [0.25, 0.3) is 0 Å². The summed E-state index contributed by atoms with van der Waals surface area (Å²) in [4.78, 5) is 12.2. The fraction of sp³-hybridized carbons (Fsp3) is 0.632. The lowest BCUT2D eigenvalue weighted by molar-refractivity contribution is 0.0388. The summed E-state index contributed by atoms with van der Waals surface area (Å²) >= 11 is 0. The van der Waals surface area contributed by atoms with E-state index in [1.54, 1.807) is 0 Å². The van der Waals surface area contributed by atoms with Gasteiger partial charge in [-0.3, -0.25) is 0 Å². The van der Waals surface area contributed by atoms with Crippen molar-refractivity contribution >= 4 is 6.09 Å². The summed E-state index contributed by atoms with van der Waals surface area (Å²) in [6.45, 7) is 6.82. The van der Waals surface area contributed by atoms with Gasteiger partial charge in [-0.25, -0.2) is 4.79 Å². The molecule has 3 atom stereocenters. The van der Waals surface area contributed by atoms with Gasteiger partial charge in [0.15, 0.2) is 0 Å². The molecule has 23 heavy (non-hydrogen) atoms. The molecule has 4 rings (SSSR count). The van der Waals surface area contributed by atoms with Crippen LogP contribution >= 0.6 is 0 Å². The van der Waals surface area contributed by atoms with E-state index in [2.05, 4.69) is 17.4 Å². The highest BCUT2D eigenvalue weighted by Crippen LogP contribution is 2.55. The molecule has 0 radical (unpaired) electrons. The molecule has 124 valence electrons. The van der Waals surface area contributed by atoms with E-state index in [-0.39, 0.29) is 12.1 Å². The largest absolute Gasteiger partial charge is 0.444 e. The predicted molar refractivity (Wildman–Crippen MR) is 87.5 cm³/mol. The normalized spacial score (nSPS) is 28.2. The van der Waals surface area contributed by atoms with Gasteiger partial charge in [0, 0.05) is 0 Å². The maximum absolute atomic E-state index is 12.2. The second kappa shape index (κ2) is 5.23. The van der Waals surface area contributed by atoms with Crippen LogP contribution in [0.1, 0.15) is 80.2 Å². The third-order valence-corrected chi connectivity index (χ3v) is 5.27. The Morgan fingerprint density at radius 1 is 1.22 bits per heavy atom. The SMILES string of the molecule is CC(C)(C)OC(=O)N[C@H]1COCc2ccc3c(c21)[C@H]1CCC3C1. The van der Waals surface area contributed by atoms with E-state index < -0.39 is 5.60 Å². The van der Waals surface area contributed by atoms with E-state index >= 15 is 0 Å². The number of alkyl carbamates (subject to hydrolysis) is 1. The Morgan fingerprint density at radius 3 is 2.78 bits per heavy atom. The number of rotatable bonds is 1. The van der Waals surface area contributed by atoms with Gasteiger partial charge in [-0.2, -0.15) is 0 Å². The number of fused-ring (bicyclic) bond motifs is 7. The zero-order chi connectivity index (χ0) is 16.2. The van der Waals surface area contributed by atoms with Gasteiger partial charge in [0.05, 0.1) is 19.3 Å². The quantitative estimate of drug-likeness (QED) is 0.847. The molecule has 2 aliphatic carbocycles. The van der Waals surface area contributed by atoms with Crippen molar-refractivity contribution in [2.45, 2.75) is 70.1 Å². The van der Waals surface area contributed by atoms with Crippen molar-refractivity contribution in [2.75, 3.05) is 6.61 Å². The van der Waals surface area contributed by atoms with Crippen LogP contribution in [0.25, 0.3) is 0 Å². The molecule has 1 N–H and O–H groups in total. The maximum Gasteiger partial charge on any atom is 0.408 e. The molecule has 0 aromatic heterocycles. The summed E-state index contributed by atoms with van der Waals surface area (Å²) in [7, 11) is 0. The van der Waals surface area contributed by atoms with Crippen molar-refractivity contribution in [3.63, 3.8) is 0 Å². The van der Waals surface area contributed by atoms with E-state index in [4.69, 9.17) is 9.47 Å². The van der Waals surface area contributed by atoms with Crippen LogP contribution < -0.4 is 5.32 Å². The number of ether oxygens (including phenoxy) is 2. The second-order valence-corrected chi connectivity index (χ2v) is 8.06. The third-order valence-electron chi connectivity index (χ3n) is 5.27. The molecule has 0 saturated heterocycles. The topological polar surface area (TPSA) is 47.6 Å². The molecule has 1 aromatic carbocycles. The Morgan fingerprint density at radius 2 is 2.00 bits per heavy atom. The van der Waals surface area contributed by atoms with Crippen LogP contribution in [0.4, 0.5) is 4.79 Å². The number of benzene rings is 1. The summed E-state index contributed by atoms with van der Waals surface area (Å²) in [5.74, 6) is 1.40. The number of carbonyl (C=O) groups excluding carboxylic acids is 1. The lowest BCUT2D eigenvalue weighted by atomic mass is 9.82. The van der Waals surface area contributed by atoms with Crippen molar-refractivity contribution in [1.29, 1.82) is 0 Å². The molecule has 2 bridgehead atoms. The molecule has 1 unspecified atom stereocenters. The minimum atomic E-state index is -0.486. The van der Waals surface area contributed by atoms with Gasteiger partial charge < -0.3 is 14.8 Å². The fourth-order valence-corrected chi connectivity index (χ4v) is 4.51. The lowest BCUT2D eigenvalue weighted by Crippen LogP contribution is -2.39. The average Bonchev–Trinajstić information content (AvgIpc) is 3.06. The zero-order valence-corrected chi connectivity index (χ0v) is 14.1. The van der Waals surface area contributed by atoms with Crippen LogP contribution in [-0.4, -0.2) is 18.3 Å². The van der Waals surface area contributed by atoms with Crippen LogP contribution in [0, 0.1) is 0 Å². The van der Waals surface area contributed by atoms with Gasteiger partial charge in [0.2, 0.25) is 0 Å². The molecule has 1 saturated carbocycles. The molecule has 0 spiro atoms. The highest BCUT2D eigenvalue weighted by molar-refractivity contribution is 5.69. The Labute approximate surface area is 137 Å². The first-order valence-electron chi connectivity index (χ1n) is 8.65. The summed E-state index contributed by atoms with van der Waals surface area (Å²) in [5, 5.41) is 3.03. The van der Waals surface area contributed by atoms with Crippen LogP contribution in [0.3, 0.4) is 0 Å². The predicted octanol–water partition coefficient (Wildman–Crippen LogP) is 4.15. The van der Waals surface area contributed by atoms with Crippen molar-refractivity contribution in [3.05, 3.63) is 34.4 Å². The van der Waals surface area contributed by atoms with Crippen molar-refractivity contribution < 1.29 is 14.3 Å². The van der Waals surface area contributed by atoms with Crippen LogP contribution in [0.15, 0.2) is 12.1 Å².